The first kappa shape index (κ1) is 15.0. The fourth-order valence-corrected chi connectivity index (χ4v) is 2.94. The lowest BCUT2D eigenvalue weighted by Crippen LogP contribution is -2.31. The lowest BCUT2D eigenvalue weighted by atomic mass is 10.1. The van der Waals surface area contributed by atoms with Crippen LogP contribution in [0.15, 0.2) is 6.20 Å². The molecule has 0 aromatic carbocycles. The van der Waals surface area contributed by atoms with E-state index in [1.165, 1.54) is 0 Å². The molecule has 2 rings (SSSR count). The van der Waals surface area contributed by atoms with E-state index in [0.717, 1.165) is 37.3 Å². The summed E-state index contributed by atoms with van der Waals surface area (Å²) in [7, 11) is 1.96. The molecule has 1 amide bonds. The van der Waals surface area contributed by atoms with Crippen LogP contribution in [0.5, 0.6) is 0 Å². The second kappa shape index (κ2) is 5.56. The number of carbonyl (C=O) groups excluding carboxylic acids is 1. The van der Waals surface area contributed by atoms with E-state index in [1.807, 2.05) is 23.6 Å². The zero-order chi connectivity index (χ0) is 14.9. The highest BCUT2D eigenvalue weighted by atomic mass is 16.2. The standard InChI is InChI=1S/C15H26N4O/c1-11-13(9-17-19(11)15(2,3)4)14(20)18-7-6-12(10-18)8-16-5/h9,12,16H,6-8,10H2,1-5H3/t12-/m0/s1. The molecule has 1 saturated heterocycles. The third kappa shape index (κ3) is 2.87. The van der Waals surface area contributed by atoms with Crippen LogP contribution in [0.1, 0.15) is 43.2 Å². The average molecular weight is 278 g/mol. The summed E-state index contributed by atoms with van der Waals surface area (Å²) in [5.41, 5.74) is 1.60. The van der Waals surface area contributed by atoms with Crippen molar-refractivity contribution in [3.8, 4) is 0 Å². The Bertz CT molecular complexity index is 487. The molecule has 0 spiro atoms. The Balaban J connectivity index is 2.13. The molecule has 112 valence electrons. The zero-order valence-electron chi connectivity index (χ0n) is 13.2. The number of nitrogens with one attached hydrogen (secondary N) is 1. The molecule has 2 heterocycles. The molecule has 1 aromatic rings. The van der Waals surface area contributed by atoms with Crippen LogP contribution in [0.3, 0.4) is 0 Å². The molecule has 0 unspecified atom stereocenters. The van der Waals surface area contributed by atoms with Crippen molar-refractivity contribution in [2.45, 2.75) is 39.7 Å². The van der Waals surface area contributed by atoms with E-state index in [1.54, 1.807) is 6.20 Å². The minimum atomic E-state index is -0.0950. The van der Waals surface area contributed by atoms with Crippen molar-refractivity contribution in [3.63, 3.8) is 0 Å². The molecule has 1 aliphatic rings. The summed E-state index contributed by atoms with van der Waals surface area (Å²) in [6.45, 7) is 10.9. The van der Waals surface area contributed by atoms with Crippen LogP contribution in [0.25, 0.3) is 0 Å². The third-order valence-electron chi connectivity index (χ3n) is 3.94. The zero-order valence-corrected chi connectivity index (χ0v) is 13.2. The fraction of sp³-hybridized carbons (Fsp3) is 0.733. The number of nitrogens with zero attached hydrogens (tertiary/aromatic N) is 3. The predicted octanol–water partition coefficient (Wildman–Crippen LogP) is 1.63. The topological polar surface area (TPSA) is 50.2 Å². The predicted molar refractivity (Wildman–Crippen MR) is 79.9 cm³/mol. The number of carbonyl (C=O) groups is 1. The van der Waals surface area contributed by atoms with Crippen LogP contribution < -0.4 is 5.32 Å². The Kier molecular flexibility index (Phi) is 4.18. The van der Waals surface area contributed by atoms with Gasteiger partial charge >= 0.3 is 0 Å². The third-order valence-corrected chi connectivity index (χ3v) is 3.94. The maximum atomic E-state index is 12.6. The first-order valence-corrected chi connectivity index (χ1v) is 7.33. The van der Waals surface area contributed by atoms with E-state index in [2.05, 4.69) is 31.2 Å². The van der Waals surface area contributed by atoms with Crippen molar-refractivity contribution >= 4 is 5.91 Å². The number of amides is 1. The smallest absolute Gasteiger partial charge is 0.257 e. The van der Waals surface area contributed by atoms with Crippen LogP contribution in [0.2, 0.25) is 0 Å². The lowest BCUT2D eigenvalue weighted by molar-refractivity contribution is 0.0786. The number of hydrogen-bond acceptors (Lipinski definition) is 3. The van der Waals surface area contributed by atoms with Crippen molar-refractivity contribution in [1.29, 1.82) is 0 Å². The molecule has 0 bridgehead atoms. The normalized spacial score (nSPS) is 19.6. The van der Waals surface area contributed by atoms with E-state index in [-0.39, 0.29) is 11.4 Å². The maximum Gasteiger partial charge on any atom is 0.257 e. The molecular weight excluding hydrogens is 252 g/mol. The quantitative estimate of drug-likeness (QED) is 0.914. The number of likely N-dealkylation sites (tertiary alicyclic amines) is 1. The number of hydrogen-bond donors (Lipinski definition) is 1. The fourth-order valence-electron chi connectivity index (χ4n) is 2.94. The van der Waals surface area contributed by atoms with Crippen molar-refractivity contribution in [3.05, 3.63) is 17.5 Å². The Morgan fingerprint density at radius 2 is 2.20 bits per heavy atom. The van der Waals surface area contributed by atoms with Gasteiger partial charge in [0.15, 0.2) is 0 Å². The van der Waals surface area contributed by atoms with Crippen molar-refractivity contribution in [1.82, 2.24) is 20.0 Å². The van der Waals surface area contributed by atoms with Crippen molar-refractivity contribution in [2.24, 2.45) is 5.92 Å². The first-order valence-electron chi connectivity index (χ1n) is 7.33. The number of rotatable bonds is 3. The van der Waals surface area contributed by atoms with E-state index in [4.69, 9.17) is 0 Å². The van der Waals surface area contributed by atoms with Gasteiger partial charge < -0.3 is 10.2 Å². The molecule has 5 heteroatoms. The molecule has 1 atom stereocenters. The van der Waals surface area contributed by atoms with Crippen LogP contribution in [-0.4, -0.2) is 47.3 Å². The minimum absolute atomic E-state index is 0.0950. The largest absolute Gasteiger partial charge is 0.338 e. The average Bonchev–Trinajstić information content (AvgIpc) is 2.95. The maximum absolute atomic E-state index is 12.6. The van der Waals surface area contributed by atoms with Gasteiger partial charge in [-0.25, -0.2) is 0 Å². The molecule has 1 fully saturated rings. The highest BCUT2D eigenvalue weighted by Gasteiger charge is 2.29. The van der Waals surface area contributed by atoms with Gasteiger partial charge in [-0.1, -0.05) is 0 Å². The Morgan fingerprint density at radius 3 is 2.75 bits per heavy atom. The highest BCUT2D eigenvalue weighted by Crippen LogP contribution is 2.22. The summed E-state index contributed by atoms with van der Waals surface area (Å²) in [4.78, 5) is 14.6. The molecule has 1 N–H and O–H groups in total. The number of aromatic nitrogens is 2. The van der Waals surface area contributed by atoms with Gasteiger partial charge in [-0.3, -0.25) is 9.48 Å². The van der Waals surface area contributed by atoms with Gasteiger partial charge in [0, 0.05) is 18.8 Å². The van der Waals surface area contributed by atoms with Crippen LogP contribution in [-0.2, 0) is 5.54 Å². The van der Waals surface area contributed by atoms with Gasteiger partial charge in [0.05, 0.1) is 17.3 Å². The molecule has 5 nitrogen and oxygen atoms in total. The molecule has 0 saturated carbocycles. The van der Waals surface area contributed by atoms with Crippen LogP contribution in [0, 0.1) is 12.8 Å². The summed E-state index contributed by atoms with van der Waals surface area (Å²) in [6.07, 6.45) is 2.80. The van der Waals surface area contributed by atoms with Gasteiger partial charge in [0.25, 0.3) is 5.91 Å². The van der Waals surface area contributed by atoms with E-state index in [9.17, 15) is 4.79 Å². The summed E-state index contributed by atoms with van der Waals surface area (Å²) in [6, 6.07) is 0. The van der Waals surface area contributed by atoms with Crippen LogP contribution in [0.4, 0.5) is 0 Å². The van der Waals surface area contributed by atoms with E-state index < -0.39 is 0 Å². The molecule has 0 radical (unpaired) electrons. The molecule has 20 heavy (non-hydrogen) atoms. The Hall–Kier alpha value is -1.36. The first-order chi connectivity index (χ1) is 9.34. The summed E-state index contributed by atoms with van der Waals surface area (Å²) in [5.74, 6) is 0.693. The van der Waals surface area contributed by atoms with E-state index >= 15 is 0 Å². The Labute approximate surface area is 121 Å². The SMILES string of the molecule is CNC[C@@H]1CCN(C(=O)c2cnn(C(C)(C)C)c2C)C1. The summed E-state index contributed by atoms with van der Waals surface area (Å²) < 4.78 is 1.93. The second-order valence-electron chi connectivity index (χ2n) is 6.69. The van der Waals surface area contributed by atoms with Gasteiger partial charge in [0.2, 0.25) is 0 Å². The molecular formula is C15H26N4O. The van der Waals surface area contributed by atoms with Gasteiger partial charge in [0.1, 0.15) is 0 Å². The van der Waals surface area contributed by atoms with Crippen LogP contribution >= 0.6 is 0 Å². The minimum Gasteiger partial charge on any atom is -0.338 e. The molecule has 1 aliphatic heterocycles. The monoisotopic (exact) mass is 278 g/mol. The lowest BCUT2D eigenvalue weighted by Gasteiger charge is -2.22. The van der Waals surface area contributed by atoms with Gasteiger partial charge in [-0.05, 0) is 53.6 Å². The van der Waals surface area contributed by atoms with Crippen molar-refractivity contribution in [2.75, 3.05) is 26.7 Å². The Morgan fingerprint density at radius 1 is 1.50 bits per heavy atom. The van der Waals surface area contributed by atoms with Crippen molar-refractivity contribution < 1.29 is 4.79 Å². The van der Waals surface area contributed by atoms with Gasteiger partial charge in [-0.2, -0.15) is 5.10 Å². The second-order valence-corrected chi connectivity index (χ2v) is 6.69. The molecule has 0 aliphatic carbocycles. The summed E-state index contributed by atoms with van der Waals surface area (Å²) >= 11 is 0. The van der Waals surface area contributed by atoms with E-state index in [0.29, 0.717) is 5.92 Å². The highest BCUT2D eigenvalue weighted by molar-refractivity contribution is 5.95. The van der Waals surface area contributed by atoms with Gasteiger partial charge in [-0.15, -0.1) is 0 Å². The summed E-state index contributed by atoms with van der Waals surface area (Å²) in [5, 5.41) is 7.58. The molecule has 1 aromatic heterocycles.